The van der Waals surface area contributed by atoms with Crippen molar-refractivity contribution in [3.63, 3.8) is 0 Å². The predicted molar refractivity (Wildman–Crippen MR) is 117 cm³/mol. The second kappa shape index (κ2) is 8.83. The minimum Gasteiger partial charge on any atom is -0.454 e. The molecule has 2 aliphatic rings. The number of rotatable bonds is 6. The number of aryl methyl sites for hydroxylation is 1. The molecule has 1 fully saturated rings. The number of sulfonamides is 1. The van der Waals surface area contributed by atoms with Gasteiger partial charge in [0.15, 0.2) is 22.2 Å². The lowest BCUT2D eigenvalue weighted by molar-refractivity contribution is -0.120. The first-order valence-corrected chi connectivity index (χ1v) is 11.7. The molecule has 172 valence electrons. The number of hydrogen-bond donors (Lipinski definition) is 1. The number of aromatic nitrogens is 1. The normalized spacial score (nSPS) is 18.8. The largest absolute Gasteiger partial charge is 0.454 e. The van der Waals surface area contributed by atoms with Gasteiger partial charge in [-0.05, 0) is 31.9 Å². The van der Waals surface area contributed by atoms with Gasteiger partial charge < -0.3 is 24.2 Å². The average Bonchev–Trinajstić information content (AvgIpc) is 3.38. The summed E-state index contributed by atoms with van der Waals surface area (Å²) in [5.74, 6) is 0.643. The van der Waals surface area contributed by atoms with Gasteiger partial charge in [-0.25, -0.2) is 8.42 Å². The number of amides is 1. The summed E-state index contributed by atoms with van der Waals surface area (Å²) in [7, 11) is -0.242. The first-order valence-electron chi connectivity index (χ1n) is 10.3. The molecule has 1 aromatic heterocycles. The van der Waals surface area contributed by atoms with E-state index in [2.05, 4.69) is 10.5 Å². The maximum atomic E-state index is 13.4. The highest BCUT2D eigenvalue weighted by atomic mass is 32.2. The summed E-state index contributed by atoms with van der Waals surface area (Å²) < 4.78 is 44.0. The third-order valence-corrected chi connectivity index (χ3v) is 7.37. The van der Waals surface area contributed by atoms with Crippen LogP contribution < -0.4 is 14.8 Å². The highest BCUT2D eigenvalue weighted by Gasteiger charge is 2.37. The van der Waals surface area contributed by atoms with E-state index in [0.29, 0.717) is 36.6 Å². The number of benzene rings is 1. The molecule has 1 atom stereocenters. The predicted octanol–water partition coefficient (Wildman–Crippen LogP) is 2.28. The summed E-state index contributed by atoms with van der Waals surface area (Å²) in [5.41, 5.74) is 0.862. The number of nitrogens with zero attached hydrogens (tertiary/aromatic N) is 3. The number of ether oxygens (including phenoxy) is 2. The second-order valence-electron chi connectivity index (χ2n) is 8.00. The van der Waals surface area contributed by atoms with Crippen molar-refractivity contribution in [1.82, 2.24) is 14.4 Å². The summed E-state index contributed by atoms with van der Waals surface area (Å²) in [5, 5.41) is 6.70. The monoisotopic (exact) mass is 462 g/mol. The standard InChI is InChI=1S/C21H26N4O6S/c1-14-20(18(31-23-14)8-10-24(2)3)32(27,28)25-9-4-5-15(12-25)21(26)22-16-6-7-17-19(11-16)30-13-29-17/h6-8,10-11,15H,4-5,9,12-13H2,1-3H3,(H,22,26)/b10-8+/t15-/m1/s1. The van der Waals surface area contributed by atoms with Crippen LogP contribution in [0.15, 0.2) is 33.8 Å². The Morgan fingerprint density at radius 3 is 2.84 bits per heavy atom. The molecule has 10 nitrogen and oxygen atoms in total. The molecule has 2 aromatic rings. The molecule has 0 aliphatic carbocycles. The maximum Gasteiger partial charge on any atom is 0.248 e. The average molecular weight is 463 g/mol. The zero-order valence-electron chi connectivity index (χ0n) is 18.2. The van der Waals surface area contributed by atoms with E-state index in [-0.39, 0.29) is 35.6 Å². The van der Waals surface area contributed by atoms with Crippen LogP contribution in [0.4, 0.5) is 5.69 Å². The van der Waals surface area contributed by atoms with E-state index < -0.39 is 15.9 Å². The Labute approximate surface area is 186 Å². The lowest BCUT2D eigenvalue weighted by atomic mass is 9.98. The van der Waals surface area contributed by atoms with Crippen molar-refractivity contribution in [3.05, 3.63) is 35.9 Å². The topological polar surface area (TPSA) is 114 Å². The number of fused-ring (bicyclic) bond motifs is 1. The zero-order chi connectivity index (χ0) is 22.9. The van der Waals surface area contributed by atoms with Crippen LogP contribution >= 0.6 is 0 Å². The number of hydrogen-bond acceptors (Lipinski definition) is 8. The summed E-state index contributed by atoms with van der Waals surface area (Å²) in [4.78, 5) is 14.7. The highest BCUT2D eigenvalue weighted by Crippen LogP contribution is 2.35. The first-order chi connectivity index (χ1) is 15.3. The lowest BCUT2D eigenvalue weighted by Gasteiger charge is -2.31. The Balaban J connectivity index is 1.50. The molecule has 1 saturated heterocycles. The van der Waals surface area contributed by atoms with Gasteiger partial charge in [0.1, 0.15) is 5.69 Å². The maximum absolute atomic E-state index is 13.4. The minimum atomic E-state index is -3.88. The molecule has 0 bridgehead atoms. The molecule has 0 unspecified atom stereocenters. The van der Waals surface area contributed by atoms with Crippen molar-refractivity contribution in [3.8, 4) is 11.5 Å². The molecule has 11 heteroatoms. The van der Waals surface area contributed by atoms with Crippen LogP contribution in [0.25, 0.3) is 6.08 Å². The molecule has 1 N–H and O–H groups in total. The number of anilines is 1. The van der Waals surface area contributed by atoms with E-state index >= 15 is 0 Å². The van der Waals surface area contributed by atoms with Crippen LogP contribution in [-0.2, 0) is 14.8 Å². The van der Waals surface area contributed by atoms with Crippen LogP contribution in [0.1, 0.15) is 24.3 Å². The fraction of sp³-hybridized carbons (Fsp3) is 0.429. The lowest BCUT2D eigenvalue weighted by Crippen LogP contribution is -2.43. The summed E-state index contributed by atoms with van der Waals surface area (Å²) in [6, 6.07) is 5.15. The Bertz CT molecular complexity index is 1140. The van der Waals surface area contributed by atoms with Gasteiger partial charge in [0.05, 0.1) is 5.92 Å². The van der Waals surface area contributed by atoms with Crippen molar-refractivity contribution in [2.24, 2.45) is 5.92 Å². The first kappa shape index (κ1) is 22.2. The van der Waals surface area contributed by atoms with E-state index in [4.69, 9.17) is 14.0 Å². The molecule has 32 heavy (non-hydrogen) atoms. The molecule has 1 aromatic carbocycles. The molecule has 0 saturated carbocycles. The van der Waals surface area contributed by atoms with Gasteiger partial charge in [0.25, 0.3) is 0 Å². The van der Waals surface area contributed by atoms with Crippen molar-refractivity contribution >= 4 is 27.7 Å². The van der Waals surface area contributed by atoms with Crippen molar-refractivity contribution in [2.45, 2.75) is 24.7 Å². The third kappa shape index (κ3) is 4.44. The van der Waals surface area contributed by atoms with E-state index in [1.54, 1.807) is 42.3 Å². The van der Waals surface area contributed by atoms with Crippen molar-refractivity contribution < 1.29 is 27.2 Å². The highest BCUT2D eigenvalue weighted by molar-refractivity contribution is 7.89. The second-order valence-corrected chi connectivity index (χ2v) is 9.87. The Morgan fingerprint density at radius 1 is 1.28 bits per heavy atom. The van der Waals surface area contributed by atoms with Crippen LogP contribution in [0.3, 0.4) is 0 Å². The number of carbonyl (C=O) groups is 1. The van der Waals surface area contributed by atoms with E-state index in [1.807, 2.05) is 14.1 Å². The van der Waals surface area contributed by atoms with Gasteiger partial charge in [-0.3, -0.25) is 4.79 Å². The van der Waals surface area contributed by atoms with Crippen LogP contribution in [0, 0.1) is 12.8 Å². The molecule has 0 radical (unpaired) electrons. The third-order valence-electron chi connectivity index (χ3n) is 5.35. The summed E-state index contributed by atoms with van der Waals surface area (Å²) >= 11 is 0. The number of carbonyl (C=O) groups excluding carboxylic acids is 1. The van der Waals surface area contributed by atoms with Gasteiger partial charge in [0.2, 0.25) is 22.7 Å². The minimum absolute atomic E-state index is 0.0347. The van der Waals surface area contributed by atoms with E-state index in [9.17, 15) is 13.2 Å². The SMILES string of the molecule is Cc1noc(/C=C/N(C)C)c1S(=O)(=O)N1CCC[C@@H](C(=O)Nc2ccc3c(c2)OCO3)C1. The quantitative estimate of drug-likeness (QED) is 0.696. The van der Waals surface area contributed by atoms with Crippen LogP contribution in [-0.4, -0.2) is 62.7 Å². The number of piperidine rings is 1. The van der Waals surface area contributed by atoms with Crippen LogP contribution in [0.5, 0.6) is 11.5 Å². The Kier molecular flexibility index (Phi) is 6.11. The fourth-order valence-corrected chi connectivity index (χ4v) is 5.51. The molecular weight excluding hydrogens is 436 g/mol. The molecule has 2 aliphatic heterocycles. The van der Waals surface area contributed by atoms with Gasteiger partial charge in [-0.2, -0.15) is 4.31 Å². The van der Waals surface area contributed by atoms with Gasteiger partial charge in [-0.1, -0.05) is 5.16 Å². The fourth-order valence-electron chi connectivity index (χ4n) is 3.74. The molecule has 1 amide bonds. The van der Waals surface area contributed by atoms with E-state index in [0.717, 1.165) is 0 Å². The Hall–Kier alpha value is -3.05. The molecule has 0 spiro atoms. The summed E-state index contributed by atoms with van der Waals surface area (Å²) in [6.07, 6.45) is 4.43. The van der Waals surface area contributed by atoms with Gasteiger partial charge >= 0.3 is 0 Å². The summed E-state index contributed by atoms with van der Waals surface area (Å²) in [6.45, 7) is 2.16. The van der Waals surface area contributed by atoms with E-state index in [1.165, 1.54) is 4.31 Å². The van der Waals surface area contributed by atoms with Gasteiger partial charge in [0, 0.05) is 51.2 Å². The number of nitrogens with one attached hydrogen (secondary N) is 1. The smallest absolute Gasteiger partial charge is 0.248 e. The molecular formula is C21H26N4O6S. The van der Waals surface area contributed by atoms with Crippen molar-refractivity contribution in [2.75, 3.05) is 39.3 Å². The van der Waals surface area contributed by atoms with Crippen molar-refractivity contribution in [1.29, 1.82) is 0 Å². The molecule has 4 rings (SSSR count). The van der Waals surface area contributed by atoms with Crippen LogP contribution in [0.2, 0.25) is 0 Å². The van der Waals surface area contributed by atoms with Gasteiger partial charge in [-0.15, -0.1) is 0 Å². The zero-order valence-corrected chi connectivity index (χ0v) is 19.0. The Morgan fingerprint density at radius 2 is 2.06 bits per heavy atom. The molecule has 3 heterocycles.